The maximum atomic E-state index is 12.0. The minimum absolute atomic E-state index is 0.0253. The maximum Gasteiger partial charge on any atom is 0.399 e. The van der Waals surface area contributed by atoms with Gasteiger partial charge in [-0.1, -0.05) is 0 Å². The maximum absolute atomic E-state index is 12.0. The van der Waals surface area contributed by atoms with Crippen molar-refractivity contribution in [3.05, 3.63) is 70.4 Å². The van der Waals surface area contributed by atoms with Crippen molar-refractivity contribution in [3.8, 4) is 28.2 Å². The molecular weight excluding hydrogens is 394 g/mol. The van der Waals surface area contributed by atoms with Crippen molar-refractivity contribution in [1.29, 1.82) is 0 Å². The average Bonchev–Trinajstić information content (AvgIpc) is 2.65. The smallest absolute Gasteiger partial charge is 0.399 e. The first-order valence-electron chi connectivity index (χ1n) is 8.43. The predicted molar refractivity (Wildman–Crippen MR) is 110 cm³/mol. The third-order valence-electron chi connectivity index (χ3n) is 4.45. The van der Waals surface area contributed by atoms with Crippen molar-refractivity contribution >= 4 is 40.5 Å². The first-order chi connectivity index (χ1) is 13.8. The molecule has 2 aliphatic rings. The molecule has 0 radical (unpaired) electrons. The standard InChI is InChI=1S/C21H13NO6S/c23-11-2-5-14-17(8-11)28-18-9-12(24)3-6-15(18)19(14)13-4-1-10(22-21(27)29)7-16(13)20(25)26/h1-9,23H,(H,25,26)(H2,22,27,29)/p+1. The zero-order valence-electron chi connectivity index (χ0n) is 14.7. The molecule has 8 heteroatoms. The van der Waals surface area contributed by atoms with E-state index in [1.165, 1.54) is 30.3 Å². The molecule has 0 bridgehead atoms. The number of aromatic carboxylic acids is 1. The number of benzene rings is 3. The normalized spacial score (nSPS) is 11.8. The summed E-state index contributed by atoms with van der Waals surface area (Å²) in [6.45, 7) is 0. The van der Waals surface area contributed by atoms with E-state index >= 15 is 0 Å². The summed E-state index contributed by atoms with van der Waals surface area (Å²) in [5, 5.41) is 29.1. The number of aliphatic hydroxyl groups is 1. The minimum atomic E-state index is -1.18. The molecule has 4 rings (SSSR count). The summed E-state index contributed by atoms with van der Waals surface area (Å²) < 4.78 is 5.78. The van der Waals surface area contributed by atoms with Gasteiger partial charge in [-0.25, -0.2) is 4.79 Å². The lowest BCUT2D eigenvalue weighted by Gasteiger charge is -2.16. The second kappa shape index (κ2) is 6.99. The van der Waals surface area contributed by atoms with Gasteiger partial charge in [-0.2, -0.15) is 4.99 Å². The Morgan fingerprint density at radius 3 is 2.45 bits per heavy atom. The molecule has 1 heterocycles. The molecule has 0 aromatic heterocycles. The van der Waals surface area contributed by atoms with Crippen LogP contribution in [0.1, 0.15) is 10.4 Å². The summed E-state index contributed by atoms with van der Waals surface area (Å²) >= 11 is 3.76. The Kier molecular flexibility index (Phi) is 4.48. The lowest BCUT2D eigenvalue weighted by atomic mass is 9.90. The fraction of sp³-hybridized carbons (Fsp3) is 0. The van der Waals surface area contributed by atoms with Crippen LogP contribution in [0.2, 0.25) is 0 Å². The monoisotopic (exact) mass is 408 g/mol. The number of thiol groups is 1. The SMILES string of the molecule is O=C(O)c1cc([NH+]=C(O)S)ccc1-c1c2ccc(=O)cc-2oc2cc(O)ccc12. The Morgan fingerprint density at radius 2 is 1.72 bits per heavy atom. The van der Waals surface area contributed by atoms with E-state index in [2.05, 4.69) is 17.6 Å². The first-order valence-corrected chi connectivity index (χ1v) is 8.87. The number of fused-ring (bicyclic) bond motifs is 2. The highest BCUT2D eigenvalue weighted by atomic mass is 32.1. The van der Waals surface area contributed by atoms with Crippen LogP contribution < -0.4 is 10.4 Å². The topological polar surface area (TPSA) is 122 Å². The van der Waals surface area contributed by atoms with Crippen molar-refractivity contribution in [1.82, 2.24) is 0 Å². The number of aromatic hydroxyl groups is 1. The molecule has 0 fully saturated rings. The second-order valence-corrected chi connectivity index (χ2v) is 6.75. The minimum Gasteiger partial charge on any atom is -0.508 e. The van der Waals surface area contributed by atoms with Gasteiger partial charge in [0.05, 0.1) is 5.56 Å². The van der Waals surface area contributed by atoms with Gasteiger partial charge in [0.2, 0.25) is 5.69 Å². The van der Waals surface area contributed by atoms with Crippen molar-refractivity contribution in [3.63, 3.8) is 0 Å². The third kappa shape index (κ3) is 3.41. The molecule has 144 valence electrons. The van der Waals surface area contributed by atoms with Gasteiger partial charge < -0.3 is 19.7 Å². The van der Waals surface area contributed by atoms with Crippen LogP contribution in [-0.2, 0) is 0 Å². The van der Waals surface area contributed by atoms with E-state index < -0.39 is 5.97 Å². The van der Waals surface area contributed by atoms with Crippen molar-refractivity contribution in [2.24, 2.45) is 0 Å². The van der Waals surface area contributed by atoms with Crippen LogP contribution in [0.3, 0.4) is 0 Å². The van der Waals surface area contributed by atoms with Crippen molar-refractivity contribution < 1.29 is 29.5 Å². The number of hydrogen-bond donors (Lipinski definition) is 5. The van der Waals surface area contributed by atoms with E-state index in [1.54, 1.807) is 24.3 Å². The number of carboxylic acids is 1. The molecule has 0 unspecified atom stereocenters. The number of aliphatic hydroxyl groups excluding tert-OH is 1. The van der Waals surface area contributed by atoms with Crippen LogP contribution in [0.25, 0.3) is 33.4 Å². The highest BCUT2D eigenvalue weighted by Gasteiger charge is 2.23. The summed E-state index contributed by atoms with van der Waals surface area (Å²) in [6, 6.07) is 13.3. The Bertz CT molecular complexity index is 1340. The number of rotatable bonds is 3. The third-order valence-corrected chi connectivity index (χ3v) is 4.56. The molecule has 7 nitrogen and oxygen atoms in total. The summed E-state index contributed by atoms with van der Waals surface area (Å²) in [4.78, 5) is 26.3. The molecule has 2 aromatic rings. The van der Waals surface area contributed by atoms with Crippen LogP contribution in [-0.4, -0.2) is 26.5 Å². The number of nitrogens with one attached hydrogen (secondary N) is 1. The summed E-state index contributed by atoms with van der Waals surface area (Å²) in [7, 11) is 0. The van der Waals surface area contributed by atoms with Crippen LogP contribution >= 0.6 is 12.6 Å². The van der Waals surface area contributed by atoms with E-state index in [4.69, 9.17) is 4.42 Å². The first kappa shape index (κ1) is 18.6. The molecule has 1 aliphatic heterocycles. The zero-order valence-corrected chi connectivity index (χ0v) is 15.6. The van der Waals surface area contributed by atoms with Crippen LogP contribution in [0.4, 0.5) is 5.69 Å². The Balaban J connectivity index is 2.14. The van der Waals surface area contributed by atoms with E-state index in [-0.39, 0.29) is 27.7 Å². The fourth-order valence-electron chi connectivity index (χ4n) is 3.30. The second-order valence-electron chi connectivity index (χ2n) is 6.33. The Hall–Kier alpha value is -3.78. The summed E-state index contributed by atoms with van der Waals surface area (Å²) in [5.74, 6) is -0.934. The van der Waals surface area contributed by atoms with E-state index in [1.807, 2.05) is 0 Å². The highest BCUT2D eigenvalue weighted by molar-refractivity contribution is 7.96. The number of carboxylic acid groups (broad SMARTS) is 1. The van der Waals surface area contributed by atoms with Gasteiger partial charge in [-0.05, 0) is 48.5 Å². The zero-order chi connectivity index (χ0) is 20.7. The number of hydrogen-bond acceptors (Lipinski definition) is 4. The molecule has 2 aromatic carbocycles. The van der Waals surface area contributed by atoms with Gasteiger partial charge in [0.15, 0.2) is 5.43 Å². The lowest BCUT2D eigenvalue weighted by Crippen LogP contribution is -2.64. The van der Waals surface area contributed by atoms with Gasteiger partial charge in [-0.3, -0.25) is 4.79 Å². The molecule has 29 heavy (non-hydrogen) atoms. The largest absolute Gasteiger partial charge is 0.508 e. The molecule has 1 aliphatic carbocycles. The fourth-order valence-corrected chi connectivity index (χ4v) is 3.42. The van der Waals surface area contributed by atoms with Gasteiger partial charge in [0.1, 0.15) is 17.1 Å². The number of phenols is 1. The Labute approximate surface area is 168 Å². The van der Waals surface area contributed by atoms with Gasteiger partial charge in [0, 0.05) is 40.8 Å². The molecular formula is C21H14NO6S+. The Morgan fingerprint density at radius 1 is 0.966 bits per heavy atom. The molecule has 0 saturated heterocycles. The van der Waals surface area contributed by atoms with E-state index in [0.717, 1.165) is 0 Å². The van der Waals surface area contributed by atoms with Crippen molar-refractivity contribution in [2.45, 2.75) is 0 Å². The molecule has 0 saturated carbocycles. The summed E-state index contributed by atoms with van der Waals surface area (Å²) in [6.07, 6.45) is 0. The quantitative estimate of drug-likeness (QED) is 0.154. The summed E-state index contributed by atoms with van der Waals surface area (Å²) in [5.41, 5.74) is 1.84. The molecule has 0 spiro atoms. The number of phenolic OH excluding ortho intramolecular Hbond substituents is 1. The van der Waals surface area contributed by atoms with Crippen molar-refractivity contribution in [2.75, 3.05) is 0 Å². The number of carbonyl (C=O) groups is 1. The van der Waals surface area contributed by atoms with Gasteiger partial charge in [-0.15, -0.1) is 0 Å². The van der Waals surface area contributed by atoms with Gasteiger partial charge >= 0.3 is 11.2 Å². The molecule has 0 atom stereocenters. The van der Waals surface area contributed by atoms with Gasteiger partial charge in [0.25, 0.3) is 0 Å². The molecule has 4 N–H and O–H groups in total. The lowest BCUT2D eigenvalue weighted by molar-refractivity contribution is -0.360. The van der Waals surface area contributed by atoms with Crippen LogP contribution in [0.5, 0.6) is 5.75 Å². The van der Waals surface area contributed by atoms with Crippen LogP contribution in [0, 0.1) is 0 Å². The highest BCUT2D eigenvalue weighted by Crippen LogP contribution is 2.42. The van der Waals surface area contributed by atoms with E-state index in [0.29, 0.717) is 33.3 Å². The predicted octanol–water partition coefficient (Wildman–Crippen LogP) is 2.52. The van der Waals surface area contributed by atoms with E-state index in [9.17, 15) is 24.9 Å². The average molecular weight is 408 g/mol. The van der Waals surface area contributed by atoms with Crippen LogP contribution in [0.15, 0.2) is 63.8 Å². The molecule has 0 amide bonds.